The molecule has 0 aliphatic carbocycles. The summed E-state index contributed by atoms with van der Waals surface area (Å²) in [7, 11) is 0. The van der Waals surface area contributed by atoms with Crippen LogP contribution in [0.4, 0.5) is 4.79 Å². The lowest BCUT2D eigenvalue weighted by Crippen LogP contribution is -2.18. The largest absolute Gasteiger partial charge is 0.352 e. The van der Waals surface area contributed by atoms with Gasteiger partial charge in [-0.3, -0.25) is 0 Å². The van der Waals surface area contributed by atoms with Crippen LogP contribution in [-0.2, 0) is 0 Å². The number of carbonyl (C=O) groups is 1. The molecule has 3 nitrogen and oxygen atoms in total. The molecule has 4 rings (SSSR count). The number of nitrogens with two attached hydrogens (primary N) is 2. The molecule has 98 valence electrons. The van der Waals surface area contributed by atoms with Crippen molar-refractivity contribution in [3.63, 3.8) is 0 Å². The van der Waals surface area contributed by atoms with E-state index in [0.29, 0.717) is 0 Å². The maximum atomic E-state index is 9.00. The van der Waals surface area contributed by atoms with E-state index < -0.39 is 6.03 Å². The van der Waals surface area contributed by atoms with Crippen molar-refractivity contribution in [2.45, 2.75) is 0 Å². The van der Waals surface area contributed by atoms with E-state index in [2.05, 4.69) is 72.1 Å². The van der Waals surface area contributed by atoms with Crippen LogP contribution >= 0.6 is 0 Å². The summed E-state index contributed by atoms with van der Waals surface area (Å²) in [6.45, 7) is 0. The van der Waals surface area contributed by atoms with Gasteiger partial charge in [0, 0.05) is 0 Å². The minimum absolute atomic E-state index is 0.833. The van der Waals surface area contributed by atoms with Crippen LogP contribution in [0.15, 0.2) is 60.7 Å². The van der Waals surface area contributed by atoms with Gasteiger partial charge in [0.1, 0.15) is 0 Å². The molecule has 0 spiro atoms. The molecule has 20 heavy (non-hydrogen) atoms. The molecule has 0 fully saturated rings. The van der Waals surface area contributed by atoms with Crippen LogP contribution in [0, 0.1) is 0 Å². The van der Waals surface area contributed by atoms with E-state index in [1.54, 1.807) is 0 Å². The first-order valence-electron chi connectivity index (χ1n) is 6.34. The maximum absolute atomic E-state index is 9.00. The molecule has 0 saturated heterocycles. The van der Waals surface area contributed by atoms with E-state index in [9.17, 15) is 0 Å². The smallest absolute Gasteiger partial charge is 0.309 e. The second-order valence-corrected chi connectivity index (χ2v) is 4.69. The molecule has 0 radical (unpaired) electrons. The van der Waals surface area contributed by atoms with Crippen molar-refractivity contribution in [2.75, 3.05) is 0 Å². The van der Waals surface area contributed by atoms with Gasteiger partial charge in [-0.05, 0) is 32.3 Å². The maximum Gasteiger partial charge on any atom is 0.309 e. The molecule has 0 unspecified atom stereocenters. The van der Waals surface area contributed by atoms with Crippen molar-refractivity contribution in [3.8, 4) is 0 Å². The van der Waals surface area contributed by atoms with Crippen LogP contribution in [-0.4, -0.2) is 6.03 Å². The van der Waals surface area contributed by atoms with Crippen LogP contribution < -0.4 is 11.5 Å². The Morgan fingerprint density at radius 3 is 1.10 bits per heavy atom. The summed E-state index contributed by atoms with van der Waals surface area (Å²) < 4.78 is 0. The first-order chi connectivity index (χ1) is 9.66. The molecule has 0 heterocycles. The molecular weight excluding hydrogens is 248 g/mol. The van der Waals surface area contributed by atoms with Gasteiger partial charge in [0.15, 0.2) is 0 Å². The van der Waals surface area contributed by atoms with Gasteiger partial charge in [-0.25, -0.2) is 4.79 Å². The van der Waals surface area contributed by atoms with E-state index in [0.717, 1.165) is 0 Å². The third-order valence-corrected chi connectivity index (χ3v) is 3.39. The highest BCUT2D eigenvalue weighted by Crippen LogP contribution is 2.33. The van der Waals surface area contributed by atoms with Gasteiger partial charge in [-0.1, -0.05) is 60.7 Å². The lowest BCUT2D eigenvalue weighted by atomic mass is 9.95. The van der Waals surface area contributed by atoms with E-state index in [1.165, 1.54) is 32.3 Å². The van der Waals surface area contributed by atoms with Gasteiger partial charge < -0.3 is 11.5 Å². The van der Waals surface area contributed by atoms with Crippen LogP contribution in [0.1, 0.15) is 0 Å². The Morgan fingerprint density at radius 1 is 0.600 bits per heavy atom. The standard InChI is InChI=1S/C16H10.CH4N2O/c1-3-11-7-9-13-5-2-6-14-10-8-12(4-1)15(11)16(13)14;2-1(3)4/h1-10H;(H4,2,3,4). The van der Waals surface area contributed by atoms with Gasteiger partial charge in [0.2, 0.25) is 0 Å². The van der Waals surface area contributed by atoms with Crippen LogP contribution in [0.2, 0.25) is 0 Å². The Bertz CT molecular complexity index is 765. The fourth-order valence-corrected chi connectivity index (χ4v) is 2.67. The molecule has 4 aromatic carbocycles. The number of primary amides is 2. The number of rotatable bonds is 0. The normalized spacial score (nSPS) is 10.6. The molecule has 2 amide bonds. The molecule has 0 atom stereocenters. The quantitative estimate of drug-likeness (QED) is 0.467. The predicted molar refractivity (Wildman–Crippen MR) is 83.9 cm³/mol. The minimum Gasteiger partial charge on any atom is -0.352 e. The highest BCUT2D eigenvalue weighted by Gasteiger charge is 2.05. The summed E-state index contributed by atoms with van der Waals surface area (Å²) in [6.07, 6.45) is 0. The number of carbonyl (C=O) groups excluding carboxylic acids is 1. The van der Waals surface area contributed by atoms with Crippen LogP contribution in [0.3, 0.4) is 0 Å². The van der Waals surface area contributed by atoms with Crippen molar-refractivity contribution in [1.82, 2.24) is 0 Å². The van der Waals surface area contributed by atoms with Crippen molar-refractivity contribution in [1.29, 1.82) is 0 Å². The van der Waals surface area contributed by atoms with E-state index >= 15 is 0 Å². The summed E-state index contributed by atoms with van der Waals surface area (Å²) in [5.74, 6) is 0. The number of amides is 2. The summed E-state index contributed by atoms with van der Waals surface area (Å²) in [5.41, 5.74) is 8.50. The van der Waals surface area contributed by atoms with Gasteiger partial charge in [0.25, 0.3) is 0 Å². The van der Waals surface area contributed by atoms with Crippen molar-refractivity contribution in [2.24, 2.45) is 11.5 Å². The molecule has 0 bridgehead atoms. The summed E-state index contributed by atoms with van der Waals surface area (Å²) >= 11 is 0. The zero-order chi connectivity index (χ0) is 14.1. The Kier molecular flexibility index (Phi) is 2.88. The van der Waals surface area contributed by atoms with Gasteiger partial charge in [-0.2, -0.15) is 0 Å². The Labute approximate surface area is 116 Å². The van der Waals surface area contributed by atoms with Gasteiger partial charge in [-0.15, -0.1) is 0 Å². The minimum atomic E-state index is -0.833. The van der Waals surface area contributed by atoms with Crippen molar-refractivity contribution < 1.29 is 4.79 Å². The average molecular weight is 262 g/mol. The molecule has 0 aromatic heterocycles. The van der Waals surface area contributed by atoms with E-state index in [4.69, 9.17) is 4.79 Å². The molecule has 3 heteroatoms. The second kappa shape index (κ2) is 4.70. The summed E-state index contributed by atoms with van der Waals surface area (Å²) in [4.78, 5) is 9.00. The number of hydrogen-bond acceptors (Lipinski definition) is 1. The third kappa shape index (κ3) is 1.99. The van der Waals surface area contributed by atoms with Crippen LogP contribution in [0.25, 0.3) is 32.3 Å². The first-order valence-corrected chi connectivity index (χ1v) is 6.34. The van der Waals surface area contributed by atoms with Gasteiger partial charge >= 0.3 is 6.03 Å². The highest BCUT2D eigenvalue weighted by molar-refractivity contribution is 6.22. The van der Waals surface area contributed by atoms with E-state index in [1.807, 2.05) is 0 Å². The zero-order valence-electron chi connectivity index (χ0n) is 10.8. The monoisotopic (exact) mass is 262 g/mol. The Morgan fingerprint density at radius 2 is 0.850 bits per heavy atom. The molecular formula is C17H14N2O. The lowest BCUT2D eigenvalue weighted by molar-refractivity contribution is 0.256. The Hall–Kier alpha value is -2.81. The fourth-order valence-electron chi connectivity index (χ4n) is 2.67. The van der Waals surface area contributed by atoms with Gasteiger partial charge in [0.05, 0.1) is 0 Å². The lowest BCUT2D eigenvalue weighted by Gasteiger charge is -2.09. The highest BCUT2D eigenvalue weighted by atomic mass is 16.2. The summed E-state index contributed by atoms with van der Waals surface area (Å²) in [6, 6.07) is 21.0. The number of benzene rings is 4. The molecule has 0 saturated carbocycles. The topological polar surface area (TPSA) is 69.1 Å². The van der Waals surface area contributed by atoms with Crippen molar-refractivity contribution in [3.05, 3.63) is 60.7 Å². The average Bonchev–Trinajstić information content (AvgIpc) is 2.44. The van der Waals surface area contributed by atoms with E-state index in [-0.39, 0.29) is 0 Å². The number of urea groups is 1. The second-order valence-electron chi connectivity index (χ2n) is 4.69. The molecule has 0 aliphatic rings. The third-order valence-electron chi connectivity index (χ3n) is 3.39. The van der Waals surface area contributed by atoms with Crippen molar-refractivity contribution >= 4 is 38.3 Å². The fraction of sp³-hybridized carbons (Fsp3) is 0. The summed E-state index contributed by atoms with van der Waals surface area (Å²) in [5, 5.41) is 8.14. The zero-order valence-corrected chi connectivity index (χ0v) is 10.8. The number of hydrogen-bond donors (Lipinski definition) is 2. The molecule has 4 aromatic rings. The van der Waals surface area contributed by atoms with Crippen LogP contribution in [0.5, 0.6) is 0 Å². The molecule has 0 aliphatic heterocycles. The Balaban J connectivity index is 0.000000272. The predicted octanol–water partition coefficient (Wildman–Crippen LogP) is 3.61. The SMILES string of the molecule is NC(N)=O.c1cc2ccc3cccc4ccc(c1)c2c34. The molecule has 4 N–H and O–H groups in total. The first kappa shape index (κ1) is 12.2.